The first-order valence-electron chi connectivity index (χ1n) is 4.82. The number of carbonyl (C=O) groups is 1. The van der Waals surface area contributed by atoms with Gasteiger partial charge in [0, 0.05) is 18.9 Å². The van der Waals surface area contributed by atoms with E-state index >= 15 is 0 Å². The second kappa shape index (κ2) is 4.06. The fourth-order valence-electron chi connectivity index (χ4n) is 1.42. The third-order valence-electron chi connectivity index (χ3n) is 2.13. The summed E-state index contributed by atoms with van der Waals surface area (Å²) in [6.07, 6.45) is 1.59. The van der Waals surface area contributed by atoms with Gasteiger partial charge in [0.25, 0.3) is 5.91 Å². The molecule has 0 aliphatic rings. The van der Waals surface area contributed by atoms with Gasteiger partial charge in [0.15, 0.2) is 5.82 Å². The van der Waals surface area contributed by atoms with E-state index in [-0.39, 0.29) is 0 Å². The molecule has 1 aromatic carbocycles. The van der Waals surface area contributed by atoms with Crippen LogP contribution in [-0.4, -0.2) is 15.7 Å². The zero-order chi connectivity index (χ0) is 11.5. The topological polar surface area (TPSA) is 72.9 Å². The first-order chi connectivity index (χ1) is 7.66. The Morgan fingerprint density at radius 1 is 1.38 bits per heavy atom. The van der Waals surface area contributed by atoms with Crippen molar-refractivity contribution in [3.63, 3.8) is 0 Å². The molecule has 0 unspecified atom stereocenters. The van der Waals surface area contributed by atoms with Crippen LogP contribution in [0.4, 0.5) is 11.5 Å². The molecule has 16 heavy (non-hydrogen) atoms. The molecule has 2 aromatic rings. The normalized spacial score (nSPS) is 10.1. The molecule has 0 saturated heterocycles. The van der Waals surface area contributed by atoms with E-state index in [1.807, 2.05) is 30.3 Å². The van der Waals surface area contributed by atoms with E-state index in [1.165, 1.54) is 0 Å². The van der Waals surface area contributed by atoms with Crippen LogP contribution in [0.1, 0.15) is 10.4 Å². The number of nitrogens with zero attached hydrogens (tertiary/aromatic N) is 2. The summed E-state index contributed by atoms with van der Waals surface area (Å²) in [6, 6.07) is 9.49. The Balaban J connectivity index is 2.31. The van der Waals surface area contributed by atoms with Gasteiger partial charge in [-0.3, -0.25) is 9.48 Å². The van der Waals surface area contributed by atoms with Gasteiger partial charge in [-0.2, -0.15) is 5.10 Å². The van der Waals surface area contributed by atoms with Crippen molar-refractivity contribution in [2.45, 2.75) is 0 Å². The lowest BCUT2D eigenvalue weighted by atomic mass is 10.3. The number of carbonyl (C=O) groups excluding carboxylic acids is 1. The van der Waals surface area contributed by atoms with Gasteiger partial charge in [-0.1, -0.05) is 18.2 Å². The summed E-state index contributed by atoms with van der Waals surface area (Å²) in [5.74, 6) is -0.0206. The standard InChI is InChI=1S/C11H12N4O/c1-15-7-9(10(12)16)11(14-15)13-8-5-3-2-4-6-8/h2-7H,1H3,(H2,12,16)(H,13,14). The van der Waals surface area contributed by atoms with Crippen LogP contribution < -0.4 is 11.1 Å². The van der Waals surface area contributed by atoms with Gasteiger partial charge < -0.3 is 11.1 Å². The summed E-state index contributed by atoms with van der Waals surface area (Å²) in [5.41, 5.74) is 6.49. The molecule has 0 atom stereocenters. The van der Waals surface area contributed by atoms with Gasteiger partial charge in [-0.05, 0) is 12.1 Å². The predicted molar refractivity (Wildman–Crippen MR) is 61.5 cm³/mol. The number of nitrogens with one attached hydrogen (secondary N) is 1. The van der Waals surface area contributed by atoms with Crippen molar-refractivity contribution in [3.05, 3.63) is 42.1 Å². The maximum atomic E-state index is 11.2. The summed E-state index contributed by atoms with van der Waals surface area (Å²) >= 11 is 0. The highest BCUT2D eigenvalue weighted by Gasteiger charge is 2.12. The molecule has 0 aliphatic heterocycles. The molecular formula is C11H12N4O. The number of anilines is 2. The molecule has 3 N–H and O–H groups in total. The summed E-state index contributed by atoms with van der Waals surface area (Å²) in [7, 11) is 1.74. The van der Waals surface area contributed by atoms with Crippen molar-refractivity contribution >= 4 is 17.4 Å². The van der Waals surface area contributed by atoms with Crippen LogP contribution in [0.5, 0.6) is 0 Å². The van der Waals surface area contributed by atoms with Crippen LogP contribution >= 0.6 is 0 Å². The molecule has 5 heteroatoms. The lowest BCUT2D eigenvalue weighted by Gasteiger charge is -2.03. The Labute approximate surface area is 92.9 Å². The van der Waals surface area contributed by atoms with Gasteiger partial charge >= 0.3 is 0 Å². The molecule has 0 radical (unpaired) electrons. The lowest BCUT2D eigenvalue weighted by Crippen LogP contribution is -2.11. The van der Waals surface area contributed by atoms with Gasteiger partial charge in [-0.15, -0.1) is 0 Å². The van der Waals surface area contributed by atoms with Gasteiger partial charge in [-0.25, -0.2) is 0 Å². The van der Waals surface area contributed by atoms with Gasteiger partial charge in [0.05, 0.1) is 0 Å². The lowest BCUT2D eigenvalue weighted by molar-refractivity contribution is 0.100. The van der Waals surface area contributed by atoms with Crippen molar-refractivity contribution < 1.29 is 4.79 Å². The first-order valence-corrected chi connectivity index (χ1v) is 4.82. The summed E-state index contributed by atoms with van der Waals surface area (Å²) in [4.78, 5) is 11.2. The fraction of sp³-hybridized carbons (Fsp3) is 0.0909. The Morgan fingerprint density at radius 3 is 2.69 bits per heavy atom. The van der Waals surface area contributed by atoms with Crippen LogP contribution in [0, 0.1) is 0 Å². The smallest absolute Gasteiger partial charge is 0.254 e. The van der Waals surface area contributed by atoms with Crippen molar-refractivity contribution in [3.8, 4) is 0 Å². The van der Waals surface area contributed by atoms with Crippen LogP contribution in [0.25, 0.3) is 0 Å². The zero-order valence-electron chi connectivity index (χ0n) is 8.84. The number of nitrogens with two attached hydrogens (primary N) is 1. The molecule has 0 aliphatic carbocycles. The average molecular weight is 216 g/mol. The monoisotopic (exact) mass is 216 g/mol. The minimum Gasteiger partial charge on any atom is -0.365 e. The SMILES string of the molecule is Cn1cc(C(N)=O)c(Nc2ccccc2)n1. The number of para-hydroxylation sites is 1. The maximum Gasteiger partial charge on any atom is 0.254 e. The molecule has 5 nitrogen and oxygen atoms in total. The molecule has 0 fully saturated rings. The highest BCUT2D eigenvalue weighted by atomic mass is 16.1. The first kappa shape index (κ1) is 10.2. The second-order valence-corrected chi connectivity index (χ2v) is 3.42. The van der Waals surface area contributed by atoms with Crippen molar-refractivity contribution in [1.29, 1.82) is 0 Å². The van der Waals surface area contributed by atoms with E-state index in [9.17, 15) is 4.79 Å². The predicted octanol–water partition coefficient (Wildman–Crippen LogP) is 1.26. The van der Waals surface area contributed by atoms with E-state index < -0.39 is 5.91 Å². The molecule has 0 saturated carbocycles. The number of amides is 1. The minimum absolute atomic E-state index is 0.381. The molecule has 0 bridgehead atoms. The average Bonchev–Trinajstić information content (AvgIpc) is 2.61. The summed E-state index contributed by atoms with van der Waals surface area (Å²) in [6.45, 7) is 0. The molecule has 1 heterocycles. The van der Waals surface area contributed by atoms with E-state index in [4.69, 9.17) is 5.73 Å². The molecule has 0 spiro atoms. The third kappa shape index (κ3) is 2.03. The molecule has 1 amide bonds. The Hall–Kier alpha value is -2.30. The van der Waals surface area contributed by atoms with E-state index in [0.29, 0.717) is 11.4 Å². The number of hydrogen-bond donors (Lipinski definition) is 2. The van der Waals surface area contributed by atoms with Crippen LogP contribution in [0.2, 0.25) is 0 Å². The Bertz CT molecular complexity index is 504. The minimum atomic E-state index is -0.494. The Kier molecular flexibility index (Phi) is 2.59. The number of benzene rings is 1. The van der Waals surface area contributed by atoms with Crippen LogP contribution in [0.3, 0.4) is 0 Å². The second-order valence-electron chi connectivity index (χ2n) is 3.42. The Morgan fingerprint density at radius 2 is 2.06 bits per heavy atom. The van der Waals surface area contributed by atoms with Crippen LogP contribution in [-0.2, 0) is 7.05 Å². The third-order valence-corrected chi connectivity index (χ3v) is 2.13. The molecule has 82 valence electrons. The highest BCUT2D eigenvalue weighted by molar-refractivity contribution is 5.98. The van der Waals surface area contributed by atoms with Crippen molar-refractivity contribution in [1.82, 2.24) is 9.78 Å². The summed E-state index contributed by atoms with van der Waals surface area (Å²) < 4.78 is 1.55. The number of aromatic nitrogens is 2. The molecule has 2 rings (SSSR count). The van der Waals surface area contributed by atoms with Gasteiger partial charge in [0.1, 0.15) is 5.56 Å². The number of aryl methyl sites for hydroxylation is 1. The van der Waals surface area contributed by atoms with Crippen molar-refractivity contribution in [2.24, 2.45) is 12.8 Å². The zero-order valence-corrected chi connectivity index (χ0v) is 8.84. The number of primary amides is 1. The van der Waals surface area contributed by atoms with Gasteiger partial charge in [0.2, 0.25) is 0 Å². The van der Waals surface area contributed by atoms with E-state index in [1.54, 1.807) is 17.9 Å². The van der Waals surface area contributed by atoms with E-state index in [2.05, 4.69) is 10.4 Å². The number of hydrogen-bond acceptors (Lipinski definition) is 3. The van der Waals surface area contributed by atoms with E-state index in [0.717, 1.165) is 5.69 Å². The quantitative estimate of drug-likeness (QED) is 0.811. The highest BCUT2D eigenvalue weighted by Crippen LogP contribution is 2.17. The summed E-state index contributed by atoms with van der Waals surface area (Å²) in [5, 5.41) is 7.17. The molecule has 1 aromatic heterocycles. The number of rotatable bonds is 3. The largest absolute Gasteiger partial charge is 0.365 e. The molecular weight excluding hydrogens is 204 g/mol. The maximum absolute atomic E-state index is 11.2. The van der Waals surface area contributed by atoms with Crippen LogP contribution in [0.15, 0.2) is 36.5 Å². The van der Waals surface area contributed by atoms with Crippen molar-refractivity contribution in [2.75, 3.05) is 5.32 Å². The fourth-order valence-corrected chi connectivity index (χ4v) is 1.42.